The second-order valence-corrected chi connectivity index (χ2v) is 7.33. The van der Waals surface area contributed by atoms with Gasteiger partial charge in [-0.1, -0.05) is 24.3 Å². The normalized spacial score (nSPS) is 16.6. The Bertz CT molecular complexity index is 998. The molecule has 1 saturated heterocycles. The maximum atomic E-state index is 13.1. The average molecular weight is 391 g/mol. The quantitative estimate of drug-likeness (QED) is 0.647. The van der Waals surface area contributed by atoms with Gasteiger partial charge in [0.25, 0.3) is 5.91 Å². The van der Waals surface area contributed by atoms with Crippen LogP contribution in [0.5, 0.6) is 5.75 Å². The van der Waals surface area contributed by atoms with Crippen molar-refractivity contribution in [3.63, 3.8) is 0 Å². The Balaban J connectivity index is 1.55. The second-order valence-electron chi connectivity index (χ2n) is 7.33. The molecule has 0 radical (unpaired) electrons. The lowest BCUT2D eigenvalue weighted by Crippen LogP contribution is -2.39. The highest BCUT2D eigenvalue weighted by atomic mass is 16.5. The molecule has 6 heteroatoms. The molecule has 3 aromatic rings. The van der Waals surface area contributed by atoms with E-state index in [1.807, 2.05) is 48.2 Å². The number of carbonyl (C=O) groups is 1. The van der Waals surface area contributed by atoms with Gasteiger partial charge in [0.2, 0.25) is 5.89 Å². The Labute approximate surface area is 170 Å². The van der Waals surface area contributed by atoms with Crippen LogP contribution < -0.4 is 4.74 Å². The molecule has 4 rings (SSSR count). The van der Waals surface area contributed by atoms with Gasteiger partial charge in [-0.25, -0.2) is 9.97 Å². The smallest absolute Gasteiger partial charge is 0.273 e. The highest BCUT2D eigenvalue weighted by Crippen LogP contribution is 2.32. The van der Waals surface area contributed by atoms with Crippen LogP contribution in [0.3, 0.4) is 0 Å². The number of para-hydroxylation sites is 1. The summed E-state index contributed by atoms with van der Waals surface area (Å²) in [6.07, 6.45) is 5.20. The monoisotopic (exact) mass is 391 g/mol. The third kappa shape index (κ3) is 4.16. The van der Waals surface area contributed by atoms with Crippen molar-refractivity contribution in [2.45, 2.75) is 38.6 Å². The number of methoxy groups -OCH3 is 1. The fourth-order valence-electron chi connectivity index (χ4n) is 3.84. The Hall–Kier alpha value is -3.15. The number of carbonyl (C=O) groups excluding carboxylic acids is 1. The van der Waals surface area contributed by atoms with Gasteiger partial charge in [-0.3, -0.25) is 4.79 Å². The Morgan fingerprint density at radius 1 is 1.21 bits per heavy atom. The second kappa shape index (κ2) is 8.47. The molecule has 1 amide bonds. The van der Waals surface area contributed by atoms with Crippen molar-refractivity contribution in [2.75, 3.05) is 13.7 Å². The van der Waals surface area contributed by atoms with E-state index < -0.39 is 0 Å². The van der Waals surface area contributed by atoms with E-state index in [2.05, 4.69) is 9.97 Å². The average Bonchev–Trinajstić information content (AvgIpc) is 3.22. The summed E-state index contributed by atoms with van der Waals surface area (Å²) in [5.74, 6) is 2.11. The van der Waals surface area contributed by atoms with Crippen LogP contribution in [0.4, 0.5) is 0 Å². The minimum atomic E-state index is -0.162. The van der Waals surface area contributed by atoms with Crippen LogP contribution in [0.25, 0.3) is 0 Å². The number of hydrogen-bond acceptors (Lipinski definition) is 5. The largest absolute Gasteiger partial charge is 0.496 e. The number of piperidine rings is 1. The third-order valence-corrected chi connectivity index (χ3v) is 5.28. The van der Waals surface area contributed by atoms with Crippen LogP contribution in [-0.4, -0.2) is 34.4 Å². The summed E-state index contributed by atoms with van der Waals surface area (Å²) in [6, 6.07) is 13.2. The van der Waals surface area contributed by atoms with Crippen LogP contribution in [0.15, 0.2) is 53.1 Å². The molecule has 150 valence electrons. The summed E-state index contributed by atoms with van der Waals surface area (Å²) in [5.41, 5.74) is 2.34. The number of benzene rings is 1. The molecular formula is C23H25N3O3. The lowest BCUT2D eigenvalue weighted by Gasteiger charge is -2.33. The van der Waals surface area contributed by atoms with E-state index in [-0.39, 0.29) is 11.9 Å². The first kappa shape index (κ1) is 19.2. The predicted octanol–water partition coefficient (Wildman–Crippen LogP) is 4.34. The zero-order valence-electron chi connectivity index (χ0n) is 16.8. The van der Waals surface area contributed by atoms with Crippen molar-refractivity contribution in [2.24, 2.45) is 0 Å². The van der Waals surface area contributed by atoms with Crippen LogP contribution in [0.2, 0.25) is 0 Å². The molecule has 0 saturated carbocycles. The Kier molecular flexibility index (Phi) is 5.60. The molecule has 1 aliphatic heterocycles. The third-order valence-electron chi connectivity index (χ3n) is 5.28. The van der Waals surface area contributed by atoms with E-state index in [1.165, 1.54) is 0 Å². The molecule has 2 aromatic heterocycles. The lowest BCUT2D eigenvalue weighted by atomic mass is 10.0. The summed E-state index contributed by atoms with van der Waals surface area (Å²) in [7, 11) is 1.66. The molecule has 0 spiro atoms. The van der Waals surface area contributed by atoms with Gasteiger partial charge in [0.05, 0.1) is 13.3 Å². The van der Waals surface area contributed by atoms with E-state index >= 15 is 0 Å². The van der Waals surface area contributed by atoms with E-state index in [0.29, 0.717) is 24.6 Å². The van der Waals surface area contributed by atoms with Gasteiger partial charge in [-0.05, 0) is 44.4 Å². The van der Waals surface area contributed by atoms with Crippen molar-refractivity contribution >= 4 is 5.91 Å². The van der Waals surface area contributed by atoms with Crippen LogP contribution in [0, 0.1) is 6.92 Å². The van der Waals surface area contributed by atoms with Gasteiger partial charge in [0, 0.05) is 24.2 Å². The Morgan fingerprint density at radius 2 is 2.07 bits per heavy atom. The molecule has 0 bridgehead atoms. The molecule has 1 atom stereocenters. The minimum Gasteiger partial charge on any atom is -0.496 e. The number of aryl methyl sites for hydroxylation is 1. The lowest BCUT2D eigenvalue weighted by molar-refractivity contribution is 0.0563. The summed E-state index contributed by atoms with van der Waals surface area (Å²) < 4.78 is 11.5. The molecule has 0 N–H and O–H groups in total. The number of nitrogens with zero attached hydrogens (tertiary/aromatic N) is 3. The highest BCUT2D eigenvalue weighted by molar-refractivity contribution is 5.92. The van der Waals surface area contributed by atoms with Crippen molar-refractivity contribution in [1.82, 2.24) is 14.9 Å². The van der Waals surface area contributed by atoms with Crippen LogP contribution >= 0.6 is 0 Å². The van der Waals surface area contributed by atoms with Gasteiger partial charge >= 0.3 is 0 Å². The number of oxazole rings is 1. The van der Waals surface area contributed by atoms with Gasteiger partial charge < -0.3 is 14.1 Å². The van der Waals surface area contributed by atoms with Crippen molar-refractivity contribution < 1.29 is 13.9 Å². The number of pyridine rings is 1. The molecule has 29 heavy (non-hydrogen) atoms. The maximum Gasteiger partial charge on any atom is 0.273 e. The summed E-state index contributed by atoms with van der Waals surface area (Å²) in [4.78, 5) is 23.9. The van der Waals surface area contributed by atoms with Gasteiger partial charge in [0.1, 0.15) is 23.2 Å². The standard InChI is InChI=1S/C23H25N3O3/c1-16-8-7-10-19(25-16)23(27)26-13-6-5-11-20(26)22-24-15-18(29-22)14-17-9-3-4-12-21(17)28-2/h3-4,7-10,12,15,20H,5-6,11,13-14H2,1-2H3/t20-/m1/s1. The first-order valence-corrected chi connectivity index (χ1v) is 9.97. The van der Waals surface area contributed by atoms with E-state index in [9.17, 15) is 4.79 Å². The van der Waals surface area contributed by atoms with E-state index in [1.54, 1.807) is 19.4 Å². The van der Waals surface area contributed by atoms with Crippen LogP contribution in [-0.2, 0) is 6.42 Å². The van der Waals surface area contributed by atoms with Crippen LogP contribution in [0.1, 0.15) is 58.7 Å². The molecule has 1 aliphatic rings. The molecule has 0 aliphatic carbocycles. The number of hydrogen-bond donors (Lipinski definition) is 0. The number of amides is 1. The van der Waals surface area contributed by atoms with Gasteiger partial charge in [-0.2, -0.15) is 0 Å². The Morgan fingerprint density at radius 3 is 2.90 bits per heavy atom. The van der Waals surface area contributed by atoms with Crippen molar-refractivity contribution in [3.8, 4) is 5.75 Å². The maximum absolute atomic E-state index is 13.1. The molecule has 0 unspecified atom stereocenters. The molecule has 6 nitrogen and oxygen atoms in total. The minimum absolute atomic E-state index is 0.0668. The van der Waals surface area contributed by atoms with Crippen molar-refractivity contribution in [3.05, 3.63) is 77.3 Å². The topological polar surface area (TPSA) is 68.5 Å². The predicted molar refractivity (Wildman–Crippen MR) is 109 cm³/mol. The zero-order valence-corrected chi connectivity index (χ0v) is 16.8. The molecule has 3 heterocycles. The summed E-state index contributed by atoms with van der Waals surface area (Å²) >= 11 is 0. The summed E-state index contributed by atoms with van der Waals surface area (Å²) in [6.45, 7) is 2.58. The van der Waals surface area contributed by atoms with E-state index in [4.69, 9.17) is 9.15 Å². The highest BCUT2D eigenvalue weighted by Gasteiger charge is 2.32. The number of ether oxygens (including phenoxy) is 1. The first-order chi connectivity index (χ1) is 14.2. The zero-order chi connectivity index (χ0) is 20.2. The molecule has 1 fully saturated rings. The van der Waals surface area contributed by atoms with Crippen molar-refractivity contribution in [1.29, 1.82) is 0 Å². The number of rotatable bonds is 5. The number of aromatic nitrogens is 2. The fourth-order valence-corrected chi connectivity index (χ4v) is 3.84. The van der Waals surface area contributed by atoms with Gasteiger partial charge in [-0.15, -0.1) is 0 Å². The van der Waals surface area contributed by atoms with E-state index in [0.717, 1.165) is 42.0 Å². The fraction of sp³-hybridized carbons (Fsp3) is 0.348. The molecule has 1 aromatic carbocycles. The van der Waals surface area contributed by atoms with Gasteiger partial charge in [0.15, 0.2) is 0 Å². The SMILES string of the molecule is COc1ccccc1Cc1cnc([C@H]2CCCCN2C(=O)c2cccc(C)n2)o1. The first-order valence-electron chi connectivity index (χ1n) is 9.97. The number of likely N-dealkylation sites (tertiary alicyclic amines) is 1. The molecular weight excluding hydrogens is 366 g/mol. The summed E-state index contributed by atoms with van der Waals surface area (Å²) in [5, 5.41) is 0.